The van der Waals surface area contributed by atoms with E-state index < -0.39 is 0 Å². The van der Waals surface area contributed by atoms with E-state index in [0.717, 1.165) is 55.0 Å². The quantitative estimate of drug-likeness (QED) is 0.542. The summed E-state index contributed by atoms with van der Waals surface area (Å²) in [5, 5.41) is 11.8. The van der Waals surface area contributed by atoms with Gasteiger partial charge < -0.3 is 15.8 Å². The smallest absolute Gasteiger partial charge is 0.224 e. The molecule has 3 aliphatic rings. The number of hydrogen-bond acceptors (Lipinski definition) is 6. The number of benzene rings is 2. The highest BCUT2D eigenvalue weighted by Gasteiger charge is 2.43. The van der Waals surface area contributed by atoms with E-state index in [1.165, 1.54) is 0 Å². The van der Waals surface area contributed by atoms with E-state index in [0.29, 0.717) is 24.2 Å². The monoisotopic (exact) mass is 446 g/mol. The fourth-order valence-corrected chi connectivity index (χ4v) is 5.22. The van der Waals surface area contributed by atoms with Crippen LogP contribution in [0, 0.1) is 11.8 Å². The number of piperidine rings is 3. The third kappa shape index (κ3) is 4.57. The van der Waals surface area contributed by atoms with Crippen molar-refractivity contribution in [2.24, 2.45) is 11.8 Å². The summed E-state index contributed by atoms with van der Waals surface area (Å²) in [7, 11) is 1.65. The lowest BCUT2D eigenvalue weighted by Crippen LogP contribution is -2.58. The molecule has 2 aromatic carbocycles. The Morgan fingerprint density at radius 3 is 2.91 bits per heavy atom. The summed E-state index contributed by atoms with van der Waals surface area (Å²) in [5.74, 6) is 1.37. The normalized spacial score (nSPS) is 23.9. The van der Waals surface area contributed by atoms with Crippen LogP contribution in [-0.2, 0) is 17.9 Å². The molecule has 172 valence electrons. The molecule has 0 saturated carbocycles. The van der Waals surface area contributed by atoms with Gasteiger partial charge in [0.25, 0.3) is 0 Å². The Morgan fingerprint density at radius 1 is 1.24 bits per heavy atom. The Bertz CT molecular complexity index is 1130. The maximum Gasteiger partial charge on any atom is 0.224 e. The van der Waals surface area contributed by atoms with Crippen LogP contribution in [0.1, 0.15) is 18.4 Å². The summed E-state index contributed by atoms with van der Waals surface area (Å²) < 4.78 is 7.32. The molecule has 2 unspecified atom stereocenters. The van der Waals surface area contributed by atoms with Gasteiger partial charge in [-0.05, 0) is 43.5 Å². The molecule has 2 bridgehead atoms. The number of fused-ring (bicyclic) bond motifs is 3. The fourth-order valence-electron chi connectivity index (χ4n) is 5.22. The van der Waals surface area contributed by atoms with E-state index in [2.05, 4.69) is 20.5 Å². The van der Waals surface area contributed by atoms with Crippen LogP contribution in [0.15, 0.2) is 54.7 Å². The van der Waals surface area contributed by atoms with Crippen molar-refractivity contribution in [3.8, 4) is 17.0 Å². The number of aromatic nitrogens is 3. The maximum atomic E-state index is 13.0. The molecule has 3 fully saturated rings. The first-order valence-electron chi connectivity index (χ1n) is 11.5. The average molecular weight is 447 g/mol. The van der Waals surface area contributed by atoms with Crippen LogP contribution in [-0.4, -0.2) is 52.0 Å². The van der Waals surface area contributed by atoms with Crippen molar-refractivity contribution < 1.29 is 9.53 Å². The highest BCUT2D eigenvalue weighted by molar-refractivity contribution is 5.79. The van der Waals surface area contributed by atoms with E-state index in [-0.39, 0.29) is 11.8 Å². The predicted molar refractivity (Wildman–Crippen MR) is 126 cm³/mol. The van der Waals surface area contributed by atoms with E-state index in [1.54, 1.807) is 7.11 Å². The number of rotatable bonds is 7. The third-order valence-corrected chi connectivity index (χ3v) is 6.98. The summed E-state index contributed by atoms with van der Waals surface area (Å²) in [6.45, 7) is 3.09. The first-order chi connectivity index (χ1) is 16.1. The minimum Gasteiger partial charge on any atom is -0.496 e. The van der Waals surface area contributed by atoms with Gasteiger partial charge in [-0.2, -0.15) is 0 Å². The summed E-state index contributed by atoms with van der Waals surface area (Å²) in [6, 6.07) is 15.9. The lowest BCUT2D eigenvalue weighted by molar-refractivity contribution is -0.133. The number of hydrogen-bond donors (Lipinski definition) is 2. The summed E-state index contributed by atoms with van der Waals surface area (Å²) >= 11 is 0. The van der Waals surface area contributed by atoms with Crippen molar-refractivity contribution in [1.29, 1.82) is 0 Å². The van der Waals surface area contributed by atoms with Gasteiger partial charge in [0.05, 0.1) is 25.8 Å². The molecule has 33 heavy (non-hydrogen) atoms. The van der Waals surface area contributed by atoms with E-state index in [4.69, 9.17) is 10.5 Å². The number of nitrogen functional groups attached to an aromatic ring is 1. The van der Waals surface area contributed by atoms with E-state index >= 15 is 0 Å². The zero-order valence-electron chi connectivity index (χ0n) is 18.9. The van der Waals surface area contributed by atoms with Crippen molar-refractivity contribution in [1.82, 2.24) is 25.2 Å². The second kappa shape index (κ2) is 9.23. The number of para-hydroxylation sites is 1. The lowest BCUT2D eigenvalue weighted by atomic mass is 9.75. The molecule has 3 aliphatic heterocycles. The molecular weight excluding hydrogens is 416 g/mol. The van der Waals surface area contributed by atoms with Gasteiger partial charge in [0, 0.05) is 35.9 Å². The second-order valence-electron chi connectivity index (χ2n) is 9.02. The average Bonchev–Trinajstić information content (AvgIpc) is 3.31. The first kappa shape index (κ1) is 21.5. The van der Waals surface area contributed by atoms with Crippen molar-refractivity contribution in [2.75, 3.05) is 25.9 Å². The molecule has 1 amide bonds. The number of methoxy groups -OCH3 is 1. The molecule has 0 aliphatic carbocycles. The van der Waals surface area contributed by atoms with Crippen molar-refractivity contribution in [3.05, 3.63) is 60.3 Å². The number of carbonyl (C=O) groups excluding carboxylic acids is 1. The molecule has 3 aromatic rings. The largest absolute Gasteiger partial charge is 0.496 e. The summed E-state index contributed by atoms with van der Waals surface area (Å²) in [6.07, 6.45) is 4.05. The Kier molecular flexibility index (Phi) is 6.00. The molecule has 3 saturated heterocycles. The molecule has 0 spiro atoms. The molecule has 6 rings (SSSR count). The van der Waals surface area contributed by atoms with Gasteiger partial charge in [0.1, 0.15) is 11.4 Å². The highest BCUT2D eigenvalue weighted by atomic mass is 16.5. The molecule has 0 radical (unpaired) electrons. The Labute approximate surface area is 193 Å². The third-order valence-electron chi connectivity index (χ3n) is 6.98. The molecule has 8 heteroatoms. The fraction of sp³-hybridized carbons (Fsp3) is 0.400. The number of nitrogens with two attached hydrogens (primary N) is 1. The van der Waals surface area contributed by atoms with E-state index in [1.807, 2.05) is 59.4 Å². The summed E-state index contributed by atoms with van der Waals surface area (Å²) in [4.78, 5) is 15.4. The Morgan fingerprint density at radius 2 is 2.12 bits per heavy atom. The van der Waals surface area contributed by atoms with Gasteiger partial charge in [-0.15, -0.1) is 5.10 Å². The zero-order chi connectivity index (χ0) is 22.8. The topological polar surface area (TPSA) is 98.3 Å². The number of ether oxygens (including phenoxy) is 1. The molecule has 8 nitrogen and oxygen atoms in total. The first-order valence-corrected chi connectivity index (χ1v) is 11.5. The number of nitrogens with zero attached hydrogens (tertiary/aromatic N) is 4. The molecule has 4 heterocycles. The van der Waals surface area contributed by atoms with Crippen molar-refractivity contribution in [3.63, 3.8) is 0 Å². The number of carbonyl (C=O) groups is 1. The second-order valence-corrected chi connectivity index (χ2v) is 9.02. The van der Waals surface area contributed by atoms with Gasteiger partial charge in [0.15, 0.2) is 0 Å². The van der Waals surface area contributed by atoms with Crippen LogP contribution in [0.3, 0.4) is 0 Å². The predicted octanol–water partition coefficient (Wildman–Crippen LogP) is 2.56. The molecular formula is C25H30N6O2. The van der Waals surface area contributed by atoms with Crippen LogP contribution in [0.5, 0.6) is 5.75 Å². The Balaban J connectivity index is 1.19. The van der Waals surface area contributed by atoms with Crippen LogP contribution < -0.4 is 15.8 Å². The van der Waals surface area contributed by atoms with E-state index in [9.17, 15) is 4.79 Å². The van der Waals surface area contributed by atoms with Crippen LogP contribution in [0.2, 0.25) is 0 Å². The lowest BCUT2D eigenvalue weighted by Gasteiger charge is -2.49. The molecule has 1 aromatic heterocycles. The van der Waals surface area contributed by atoms with Gasteiger partial charge in [-0.25, -0.2) is 0 Å². The van der Waals surface area contributed by atoms with Crippen LogP contribution >= 0.6 is 0 Å². The number of amides is 1. The van der Waals surface area contributed by atoms with Gasteiger partial charge >= 0.3 is 0 Å². The molecule has 3 N–H and O–H groups in total. The number of nitrogens with one attached hydrogen (secondary N) is 1. The van der Waals surface area contributed by atoms with Crippen LogP contribution in [0.25, 0.3) is 11.3 Å². The zero-order valence-corrected chi connectivity index (χ0v) is 18.9. The Hall–Kier alpha value is -3.39. The van der Waals surface area contributed by atoms with Crippen LogP contribution in [0.4, 0.5) is 5.69 Å². The minimum atomic E-state index is 0.0308. The highest BCUT2D eigenvalue weighted by Crippen LogP contribution is 2.37. The van der Waals surface area contributed by atoms with Gasteiger partial charge in [-0.1, -0.05) is 35.5 Å². The maximum absolute atomic E-state index is 13.0. The SMILES string of the molecule is COc1ccccc1CNC(=O)[C@H]1CN2CCC1C[C@@H]2Cn1cc(-c2cccc(N)c2)nn1. The van der Waals surface area contributed by atoms with Crippen molar-refractivity contribution >= 4 is 11.6 Å². The summed E-state index contributed by atoms with van der Waals surface area (Å²) in [5.41, 5.74) is 9.41. The minimum absolute atomic E-state index is 0.0308. The standard InChI is InChI=1S/C25H30N6O2/c1-33-24-8-3-2-5-19(24)13-27-25(32)22-15-30-10-9-17(22)12-21(30)14-31-16-23(28-29-31)18-6-4-7-20(26)11-18/h2-8,11,16-17,21-22H,9-10,12-15,26H2,1H3,(H,27,32)/t17?,21-,22+/m1/s1. The molecule has 4 atom stereocenters. The van der Waals surface area contributed by atoms with Gasteiger partial charge in [-0.3, -0.25) is 14.4 Å². The van der Waals surface area contributed by atoms with Gasteiger partial charge in [0.2, 0.25) is 5.91 Å². The van der Waals surface area contributed by atoms with Crippen molar-refractivity contribution in [2.45, 2.75) is 32.0 Å². The number of anilines is 1.